The van der Waals surface area contributed by atoms with Gasteiger partial charge in [-0.25, -0.2) is 0 Å². The monoisotopic (exact) mass is 300 g/mol. The number of nitrogens with one attached hydrogen (secondary N) is 1. The van der Waals surface area contributed by atoms with Crippen LogP contribution < -0.4 is 10.2 Å². The third kappa shape index (κ3) is 2.83. The molecule has 0 aliphatic carbocycles. The molecule has 1 aromatic carbocycles. The molecule has 0 spiro atoms. The fourth-order valence-corrected chi connectivity index (χ4v) is 3.11. The molecule has 0 unspecified atom stereocenters. The standard InChI is InChI=1S/C16H16N2O2S/c1-11-4-5-13(17-16(20)12-6-8-21-10-12)9-14(11)18-7-2-3-15(18)19/h4-6,8-10H,2-3,7H2,1H3,(H,17,20). The van der Waals surface area contributed by atoms with E-state index in [4.69, 9.17) is 0 Å². The topological polar surface area (TPSA) is 49.4 Å². The van der Waals surface area contributed by atoms with Gasteiger partial charge in [0, 0.05) is 29.7 Å². The molecule has 1 N–H and O–H groups in total. The van der Waals surface area contributed by atoms with Crippen LogP contribution in [0.5, 0.6) is 0 Å². The first-order chi connectivity index (χ1) is 10.1. The average molecular weight is 300 g/mol. The second-order valence-corrected chi connectivity index (χ2v) is 5.90. The largest absolute Gasteiger partial charge is 0.322 e. The van der Waals surface area contributed by atoms with Crippen molar-refractivity contribution >= 4 is 34.5 Å². The molecule has 4 nitrogen and oxygen atoms in total. The number of thiophene rings is 1. The Kier molecular flexibility index (Phi) is 3.75. The number of rotatable bonds is 3. The summed E-state index contributed by atoms with van der Waals surface area (Å²) in [6.07, 6.45) is 1.49. The van der Waals surface area contributed by atoms with Gasteiger partial charge in [-0.1, -0.05) is 6.07 Å². The average Bonchev–Trinajstić information content (AvgIpc) is 3.12. The molecule has 0 radical (unpaired) electrons. The minimum Gasteiger partial charge on any atom is -0.322 e. The van der Waals surface area contributed by atoms with Crippen LogP contribution in [0.15, 0.2) is 35.0 Å². The molecular weight excluding hydrogens is 284 g/mol. The van der Waals surface area contributed by atoms with Crippen LogP contribution in [0.1, 0.15) is 28.8 Å². The van der Waals surface area contributed by atoms with Crippen molar-refractivity contribution in [3.8, 4) is 0 Å². The third-order valence-electron chi connectivity index (χ3n) is 3.61. The SMILES string of the molecule is Cc1ccc(NC(=O)c2ccsc2)cc1N1CCCC1=O. The first kappa shape index (κ1) is 13.8. The number of carbonyl (C=O) groups is 2. The van der Waals surface area contributed by atoms with Gasteiger partial charge in [0.15, 0.2) is 0 Å². The predicted octanol–water partition coefficient (Wildman–Crippen LogP) is 3.44. The number of hydrogen-bond donors (Lipinski definition) is 1. The van der Waals surface area contributed by atoms with Crippen molar-refractivity contribution in [1.82, 2.24) is 0 Å². The number of benzene rings is 1. The summed E-state index contributed by atoms with van der Waals surface area (Å²) in [4.78, 5) is 25.8. The lowest BCUT2D eigenvalue weighted by molar-refractivity contribution is -0.117. The van der Waals surface area contributed by atoms with Gasteiger partial charge in [0.25, 0.3) is 5.91 Å². The lowest BCUT2D eigenvalue weighted by Gasteiger charge is -2.19. The highest BCUT2D eigenvalue weighted by atomic mass is 32.1. The van der Waals surface area contributed by atoms with Crippen molar-refractivity contribution in [2.24, 2.45) is 0 Å². The summed E-state index contributed by atoms with van der Waals surface area (Å²) in [5.74, 6) is 0.0261. The van der Waals surface area contributed by atoms with E-state index >= 15 is 0 Å². The molecule has 108 valence electrons. The van der Waals surface area contributed by atoms with Gasteiger partial charge >= 0.3 is 0 Å². The normalized spacial score (nSPS) is 14.5. The van der Waals surface area contributed by atoms with Gasteiger partial charge < -0.3 is 10.2 Å². The second kappa shape index (κ2) is 5.69. The summed E-state index contributed by atoms with van der Waals surface area (Å²) >= 11 is 1.49. The van der Waals surface area contributed by atoms with Gasteiger partial charge in [0.1, 0.15) is 0 Å². The highest BCUT2D eigenvalue weighted by molar-refractivity contribution is 7.08. The van der Waals surface area contributed by atoms with Crippen LogP contribution in [0.2, 0.25) is 0 Å². The molecule has 1 aliphatic heterocycles. The number of nitrogens with zero attached hydrogens (tertiary/aromatic N) is 1. The molecule has 2 amide bonds. The van der Waals surface area contributed by atoms with E-state index in [2.05, 4.69) is 5.32 Å². The van der Waals surface area contributed by atoms with Crippen LogP contribution >= 0.6 is 11.3 Å². The summed E-state index contributed by atoms with van der Waals surface area (Å²) in [5.41, 5.74) is 3.30. The fourth-order valence-electron chi connectivity index (χ4n) is 2.48. The molecule has 1 saturated heterocycles. The fraction of sp³-hybridized carbons (Fsp3) is 0.250. The molecule has 21 heavy (non-hydrogen) atoms. The maximum Gasteiger partial charge on any atom is 0.256 e. The zero-order valence-corrected chi connectivity index (χ0v) is 12.6. The highest BCUT2D eigenvalue weighted by Crippen LogP contribution is 2.28. The zero-order chi connectivity index (χ0) is 14.8. The molecule has 2 heterocycles. The Bertz CT molecular complexity index is 680. The quantitative estimate of drug-likeness (QED) is 0.944. The summed E-state index contributed by atoms with van der Waals surface area (Å²) in [5, 5.41) is 6.57. The molecule has 5 heteroatoms. The van der Waals surface area contributed by atoms with Crippen molar-refractivity contribution in [3.05, 3.63) is 46.2 Å². The Hall–Kier alpha value is -2.14. The Morgan fingerprint density at radius 2 is 2.19 bits per heavy atom. The smallest absolute Gasteiger partial charge is 0.256 e. The van der Waals surface area contributed by atoms with Gasteiger partial charge in [0.2, 0.25) is 5.91 Å². The van der Waals surface area contributed by atoms with Gasteiger partial charge in [0.05, 0.1) is 5.56 Å². The first-order valence-electron chi connectivity index (χ1n) is 6.90. The minimum absolute atomic E-state index is 0.126. The van der Waals surface area contributed by atoms with Crippen molar-refractivity contribution in [2.75, 3.05) is 16.8 Å². The van der Waals surface area contributed by atoms with Crippen LogP contribution in [0.3, 0.4) is 0 Å². The summed E-state index contributed by atoms with van der Waals surface area (Å²) < 4.78 is 0. The Balaban J connectivity index is 1.84. The van der Waals surface area contributed by atoms with Crippen molar-refractivity contribution in [1.29, 1.82) is 0 Å². The highest BCUT2D eigenvalue weighted by Gasteiger charge is 2.23. The van der Waals surface area contributed by atoms with Gasteiger partial charge in [-0.2, -0.15) is 11.3 Å². The van der Waals surface area contributed by atoms with E-state index in [0.717, 1.165) is 24.2 Å². The molecule has 2 aromatic rings. The van der Waals surface area contributed by atoms with Gasteiger partial charge in [-0.15, -0.1) is 0 Å². The number of hydrogen-bond acceptors (Lipinski definition) is 3. The van der Waals surface area contributed by atoms with Gasteiger partial charge in [-0.3, -0.25) is 9.59 Å². The third-order valence-corrected chi connectivity index (χ3v) is 4.30. The number of anilines is 2. The van der Waals surface area contributed by atoms with Crippen LogP contribution in [-0.4, -0.2) is 18.4 Å². The molecule has 1 aromatic heterocycles. The van der Waals surface area contributed by atoms with E-state index in [-0.39, 0.29) is 11.8 Å². The molecule has 0 atom stereocenters. The molecular formula is C16H16N2O2S. The number of aryl methyl sites for hydroxylation is 1. The van der Waals surface area contributed by atoms with Crippen LogP contribution in [0, 0.1) is 6.92 Å². The molecule has 0 saturated carbocycles. The number of carbonyl (C=O) groups excluding carboxylic acids is 2. The lowest BCUT2D eigenvalue weighted by atomic mass is 10.1. The van der Waals surface area contributed by atoms with E-state index in [9.17, 15) is 9.59 Å². The van der Waals surface area contributed by atoms with E-state index in [1.165, 1.54) is 11.3 Å². The van der Waals surface area contributed by atoms with E-state index < -0.39 is 0 Å². The Labute approximate surface area is 127 Å². The predicted molar refractivity (Wildman–Crippen MR) is 85.0 cm³/mol. The van der Waals surface area contributed by atoms with Crippen LogP contribution in [-0.2, 0) is 4.79 Å². The number of amides is 2. The Morgan fingerprint density at radius 1 is 1.33 bits per heavy atom. The van der Waals surface area contributed by atoms with Crippen molar-refractivity contribution < 1.29 is 9.59 Å². The maximum atomic E-state index is 12.1. The Morgan fingerprint density at radius 3 is 2.86 bits per heavy atom. The molecule has 1 aliphatic rings. The maximum absolute atomic E-state index is 12.1. The van der Waals surface area contributed by atoms with Crippen molar-refractivity contribution in [3.63, 3.8) is 0 Å². The molecule has 1 fully saturated rings. The minimum atomic E-state index is -0.126. The summed E-state index contributed by atoms with van der Waals surface area (Å²) in [7, 11) is 0. The second-order valence-electron chi connectivity index (χ2n) is 5.12. The van der Waals surface area contributed by atoms with Crippen LogP contribution in [0.4, 0.5) is 11.4 Å². The zero-order valence-electron chi connectivity index (χ0n) is 11.8. The van der Waals surface area contributed by atoms with E-state index in [1.54, 1.807) is 11.0 Å². The first-order valence-corrected chi connectivity index (χ1v) is 7.84. The summed E-state index contributed by atoms with van der Waals surface area (Å²) in [6, 6.07) is 7.47. The lowest BCUT2D eigenvalue weighted by Crippen LogP contribution is -2.24. The van der Waals surface area contributed by atoms with Crippen LogP contribution in [0.25, 0.3) is 0 Å². The summed E-state index contributed by atoms with van der Waals surface area (Å²) in [6.45, 7) is 2.73. The molecule has 0 bridgehead atoms. The van der Waals surface area contributed by atoms with Gasteiger partial charge in [-0.05, 0) is 42.5 Å². The molecule has 3 rings (SSSR count). The van der Waals surface area contributed by atoms with E-state index in [0.29, 0.717) is 17.7 Å². The van der Waals surface area contributed by atoms with E-state index in [1.807, 2.05) is 35.9 Å². The van der Waals surface area contributed by atoms with Crippen molar-refractivity contribution in [2.45, 2.75) is 19.8 Å².